The van der Waals surface area contributed by atoms with Gasteiger partial charge in [-0.2, -0.15) is 0 Å². The van der Waals surface area contributed by atoms with Gasteiger partial charge in [-0.15, -0.1) is 0 Å². The summed E-state index contributed by atoms with van der Waals surface area (Å²) in [5, 5.41) is 11.5. The second kappa shape index (κ2) is 4.68. The Morgan fingerprint density at radius 2 is 1.84 bits per heavy atom. The standard InChI is InChI=1S/C17H23NO/c1-17(2,19)15-9-6-10-16-14(15)11-12-18(16)13-7-4-3-5-8-13/h6,9-13,19H,3-5,7-8H2,1-2H3. The normalized spacial score (nSPS) is 18.1. The van der Waals surface area contributed by atoms with Crippen molar-refractivity contribution in [2.75, 3.05) is 0 Å². The summed E-state index contributed by atoms with van der Waals surface area (Å²) in [6, 6.07) is 9.09. The summed E-state index contributed by atoms with van der Waals surface area (Å²) in [5.74, 6) is 0. The van der Waals surface area contributed by atoms with Crippen LogP contribution >= 0.6 is 0 Å². The van der Waals surface area contributed by atoms with Gasteiger partial charge in [-0.3, -0.25) is 0 Å². The van der Waals surface area contributed by atoms with Crippen molar-refractivity contribution < 1.29 is 5.11 Å². The molecule has 1 aromatic heterocycles. The number of aliphatic hydroxyl groups is 1. The fraction of sp³-hybridized carbons (Fsp3) is 0.529. The second-order valence-electron chi connectivity index (χ2n) is 6.31. The predicted octanol–water partition coefficient (Wildman–Crippen LogP) is 4.37. The van der Waals surface area contributed by atoms with Crippen molar-refractivity contribution in [1.82, 2.24) is 4.57 Å². The molecule has 0 radical (unpaired) electrons. The lowest BCUT2D eigenvalue weighted by Gasteiger charge is -2.25. The second-order valence-corrected chi connectivity index (χ2v) is 6.31. The Bertz CT molecular complexity index is 570. The van der Waals surface area contributed by atoms with E-state index in [1.807, 2.05) is 19.9 Å². The molecule has 0 saturated heterocycles. The fourth-order valence-corrected chi connectivity index (χ4v) is 3.40. The van der Waals surface area contributed by atoms with Crippen LogP contribution in [0, 0.1) is 0 Å². The average molecular weight is 257 g/mol. The van der Waals surface area contributed by atoms with Gasteiger partial charge in [0.1, 0.15) is 0 Å². The number of aromatic nitrogens is 1. The summed E-state index contributed by atoms with van der Waals surface area (Å²) < 4.78 is 2.42. The number of fused-ring (bicyclic) bond motifs is 1. The van der Waals surface area contributed by atoms with E-state index in [4.69, 9.17) is 0 Å². The van der Waals surface area contributed by atoms with E-state index in [2.05, 4.69) is 29.0 Å². The zero-order chi connectivity index (χ0) is 13.5. The van der Waals surface area contributed by atoms with Gasteiger partial charge < -0.3 is 9.67 Å². The van der Waals surface area contributed by atoms with Crippen molar-refractivity contribution >= 4 is 10.9 Å². The Kier molecular flexibility index (Phi) is 3.14. The maximum atomic E-state index is 10.3. The van der Waals surface area contributed by atoms with Crippen LogP contribution in [0.3, 0.4) is 0 Å². The van der Waals surface area contributed by atoms with Crippen molar-refractivity contribution in [3.63, 3.8) is 0 Å². The number of nitrogens with zero attached hydrogens (tertiary/aromatic N) is 1. The number of benzene rings is 1. The minimum Gasteiger partial charge on any atom is -0.386 e. The number of hydrogen-bond donors (Lipinski definition) is 1. The molecule has 3 rings (SSSR count). The van der Waals surface area contributed by atoms with Crippen LogP contribution in [0.2, 0.25) is 0 Å². The molecule has 0 spiro atoms. The molecule has 1 aliphatic rings. The quantitative estimate of drug-likeness (QED) is 0.849. The van der Waals surface area contributed by atoms with Gasteiger partial charge in [0.05, 0.1) is 5.60 Å². The molecule has 1 saturated carbocycles. The van der Waals surface area contributed by atoms with Gasteiger partial charge in [0, 0.05) is 23.1 Å². The molecule has 19 heavy (non-hydrogen) atoms. The third kappa shape index (κ3) is 2.30. The predicted molar refractivity (Wildman–Crippen MR) is 79.3 cm³/mol. The molecule has 1 aromatic carbocycles. The summed E-state index contributed by atoms with van der Waals surface area (Å²) >= 11 is 0. The van der Waals surface area contributed by atoms with Crippen molar-refractivity contribution in [3.8, 4) is 0 Å². The van der Waals surface area contributed by atoms with E-state index in [1.165, 1.54) is 43.0 Å². The Morgan fingerprint density at radius 1 is 1.11 bits per heavy atom. The van der Waals surface area contributed by atoms with Gasteiger partial charge in [-0.1, -0.05) is 31.4 Å². The highest BCUT2D eigenvalue weighted by molar-refractivity contribution is 5.84. The van der Waals surface area contributed by atoms with Crippen LogP contribution in [0.5, 0.6) is 0 Å². The molecule has 0 amide bonds. The Balaban J connectivity index is 2.08. The van der Waals surface area contributed by atoms with Crippen LogP contribution in [0.15, 0.2) is 30.5 Å². The summed E-state index contributed by atoms with van der Waals surface area (Å²) in [5.41, 5.74) is 1.52. The van der Waals surface area contributed by atoms with E-state index in [0.717, 1.165) is 5.56 Å². The molecule has 2 nitrogen and oxygen atoms in total. The first-order valence-electron chi connectivity index (χ1n) is 7.40. The highest BCUT2D eigenvalue weighted by atomic mass is 16.3. The van der Waals surface area contributed by atoms with E-state index < -0.39 is 5.60 Å². The summed E-state index contributed by atoms with van der Waals surface area (Å²) in [6.07, 6.45) is 8.85. The topological polar surface area (TPSA) is 25.2 Å². The molecule has 0 aliphatic heterocycles. The SMILES string of the molecule is CC(C)(O)c1cccc2c1ccn2C1CCCCC1. The lowest BCUT2D eigenvalue weighted by Crippen LogP contribution is -2.16. The molecule has 1 aliphatic carbocycles. The van der Waals surface area contributed by atoms with Crippen molar-refractivity contribution in [1.29, 1.82) is 0 Å². The van der Waals surface area contributed by atoms with E-state index in [1.54, 1.807) is 0 Å². The van der Waals surface area contributed by atoms with Gasteiger partial charge in [-0.05, 0) is 44.4 Å². The van der Waals surface area contributed by atoms with Crippen molar-refractivity contribution in [3.05, 3.63) is 36.0 Å². The van der Waals surface area contributed by atoms with Gasteiger partial charge in [-0.25, -0.2) is 0 Å². The van der Waals surface area contributed by atoms with Crippen LogP contribution in [0.1, 0.15) is 57.6 Å². The highest BCUT2D eigenvalue weighted by Crippen LogP contribution is 2.34. The van der Waals surface area contributed by atoms with Crippen LogP contribution in [0.4, 0.5) is 0 Å². The highest BCUT2D eigenvalue weighted by Gasteiger charge is 2.22. The third-order valence-corrected chi connectivity index (χ3v) is 4.39. The van der Waals surface area contributed by atoms with Crippen LogP contribution in [-0.4, -0.2) is 9.67 Å². The fourth-order valence-electron chi connectivity index (χ4n) is 3.40. The van der Waals surface area contributed by atoms with E-state index in [9.17, 15) is 5.11 Å². The van der Waals surface area contributed by atoms with Crippen molar-refractivity contribution in [2.24, 2.45) is 0 Å². The van der Waals surface area contributed by atoms with Crippen LogP contribution in [-0.2, 0) is 5.60 Å². The zero-order valence-corrected chi connectivity index (χ0v) is 11.9. The van der Waals surface area contributed by atoms with E-state index >= 15 is 0 Å². The Hall–Kier alpha value is -1.28. The molecule has 0 atom stereocenters. The molecule has 102 valence electrons. The summed E-state index contributed by atoms with van der Waals surface area (Å²) in [6.45, 7) is 3.72. The maximum Gasteiger partial charge on any atom is 0.0847 e. The molecular formula is C17H23NO. The molecule has 1 N–H and O–H groups in total. The largest absolute Gasteiger partial charge is 0.386 e. The molecule has 2 aromatic rings. The monoisotopic (exact) mass is 257 g/mol. The Morgan fingerprint density at radius 3 is 2.53 bits per heavy atom. The molecule has 1 fully saturated rings. The van der Waals surface area contributed by atoms with Crippen molar-refractivity contribution in [2.45, 2.75) is 57.6 Å². The van der Waals surface area contributed by atoms with Crippen LogP contribution in [0.25, 0.3) is 10.9 Å². The van der Waals surface area contributed by atoms with Gasteiger partial charge in [0.25, 0.3) is 0 Å². The number of hydrogen-bond acceptors (Lipinski definition) is 1. The van der Waals surface area contributed by atoms with Gasteiger partial charge >= 0.3 is 0 Å². The molecule has 0 bridgehead atoms. The maximum absolute atomic E-state index is 10.3. The molecular weight excluding hydrogens is 234 g/mol. The average Bonchev–Trinajstić information content (AvgIpc) is 2.82. The lowest BCUT2D eigenvalue weighted by atomic mass is 9.94. The molecule has 1 heterocycles. The molecule has 2 heteroatoms. The van der Waals surface area contributed by atoms with Gasteiger partial charge in [0.2, 0.25) is 0 Å². The van der Waals surface area contributed by atoms with E-state index in [-0.39, 0.29) is 0 Å². The first-order valence-corrected chi connectivity index (χ1v) is 7.40. The smallest absolute Gasteiger partial charge is 0.0847 e. The zero-order valence-electron chi connectivity index (χ0n) is 11.9. The first-order chi connectivity index (χ1) is 9.07. The third-order valence-electron chi connectivity index (χ3n) is 4.39. The summed E-state index contributed by atoms with van der Waals surface area (Å²) in [7, 11) is 0. The van der Waals surface area contributed by atoms with Gasteiger partial charge in [0.15, 0.2) is 0 Å². The van der Waals surface area contributed by atoms with Crippen LogP contribution < -0.4 is 0 Å². The Labute approximate surface area is 115 Å². The minimum absolute atomic E-state index is 0.642. The summed E-state index contributed by atoms with van der Waals surface area (Å²) in [4.78, 5) is 0. The minimum atomic E-state index is -0.780. The first kappa shape index (κ1) is 12.7. The number of rotatable bonds is 2. The lowest BCUT2D eigenvalue weighted by molar-refractivity contribution is 0.0802. The molecule has 0 unspecified atom stereocenters. The van der Waals surface area contributed by atoms with E-state index in [0.29, 0.717) is 6.04 Å².